The molecule has 0 aliphatic rings. The maximum Gasteiger partial charge on any atom is 0.343 e. The van der Waals surface area contributed by atoms with Crippen molar-refractivity contribution < 1.29 is 19.0 Å². The van der Waals surface area contributed by atoms with Gasteiger partial charge in [0, 0.05) is 6.61 Å². The Morgan fingerprint density at radius 1 is 0.615 bits per heavy atom. The summed E-state index contributed by atoms with van der Waals surface area (Å²) in [5, 5.41) is 0. The second kappa shape index (κ2) is 17.5. The van der Waals surface area contributed by atoms with Crippen molar-refractivity contribution in [3.8, 4) is 22.6 Å². The molecule has 3 aromatic rings. The molecule has 0 saturated heterocycles. The number of rotatable bonds is 18. The Kier molecular flexibility index (Phi) is 13.6. The molecule has 0 aliphatic carbocycles. The normalized spacial score (nSPS) is 11.8. The van der Waals surface area contributed by atoms with Gasteiger partial charge in [-0.3, -0.25) is 0 Å². The summed E-state index contributed by atoms with van der Waals surface area (Å²) in [5.74, 6) is 1.06. The number of hydrogen-bond acceptors (Lipinski definition) is 4. The van der Waals surface area contributed by atoms with Gasteiger partial charge in [-0.05, 0) is 72.9 Å². The minimum absolute atomic E-state index is 0.00481. The van der Waals surface area contributed by atoms with Gasteiger partial charge >= 0.3 is 5.97 Å². The van der Waals surface area contributed by atoms with Crippen LogP contribution in [0.25, 0.3) is 11.1 Å². The van der Waals surface area contributed by atoms with E-state index in [-0.39, 0.29) is 12.1 Å². The van der Waals surface area contributed by atoms with E-state index in [1.165, 1.54) is 51.4 Å². The zero-order chi connectivity index (χ0) is 27.7. The molecule has 4 nitrogen and oxygen atoms in total. The lowest BCUT2D eigenvalue weighted by molar-refractivity contribution is 0.0626. The van der Waals surface area contributed by atoms with Crippen LogP contribution in [0.3, 0.4) is 0 Å². The molecule has 0 fully saturated rings. The zero-order valence-electron chi connectivity index (χ0n) is 24.1. The van der Waals surface area contributed by atoms with Crippen LogP contribution in [-0.4, -0.2) is 19.2 Å². The summed E-state index contributed by atoms with van der Waals surface area (Å²) in [7, 11) is 0. The second-order valence-corrected chi connectivity index (χ2v) is 10.3. The predicted octanol–water partition coefficient (Wildman–Crippen LogP) is 9.97. The molecule has 4 heteroatoms. The van der Waals surface area contributed by atoms with E-state index < -0.39 is 0 Å². The van der Waals surface area contributed by atoms with Crippen molar-refractivity contribution in [2.24, 2.45) is 0 Å². The Labute approximate surface area is 235 Å². The fourth-order valence-electron chi connectivity index (χ4n) is 4.47. The molecule has 0 radical (unpaired) electrons. The number of hydrogen-bond donors (Lipinski definition) is 0. The van der Waals surface area contributed by atoms with Crippen molar-refractivity contribution in [2.75, 3.05) is 13.2 Å². The van der Waals surface area contributed by atoms with E-state index in [1.54, 1.807) is 12.1 Å². The van der Waals surface area contributed by atoms with Crippen molar-refractivity contribution in [1.29, 1.82) is 0 Å². The van der Waals surface area contributed by atoms with E-state index in [4.69, 9.17) is 14.2 Å². The summed E-state index contributed by atoms with van der Waals surface area (Å²) in [6.45, 7) is 8.02. The minimum atomic E-state index is -0.366. The molecular formula is C35H46O4. The van der Waals surface area contributed by atoms with Crippen molar-refractivity contribution >= 4 is 5.97 Å². The lowest BCUT2D eigenvalue weighted by Crippen LogP contribution is -2.09. The Hall–Kier alpha value is -3.11. The molecular weight excluding hydrogens is 484 g/mol. The largest absolute Gasteiger partial charge is 0.494 e. The van der Waals surface area contributed by atoms with Crippen molar-refractivity contribution in [3.05, 3.63) is 83.9 Å². The number of benzene rings is 3. The molecule has 39 heavy (non-hydrogen) atoms. The average Bonchev–Trinajstić information content (AvgIpc) is 2.97. The molecule has 0 heterocycles. The van der Waals surface area contributed by atoms with Gasteiger partial charge < -0.3 is 14.2 Å². The van der Waals surface area contributed by atoms with Gasteiger partial charge in [0.1, 0.15) is 11.5 Å². The van der Waals surface area contributed by atoms with Crippen molar-refractivity contribution in [2.45, 2.75) is 91.1 Å². The summed E-state index contributed by atoms with van der Waals surface area (Å²) in [6, 6.07) is 23.3. The SMILES string of the molecule is CCCCCCCCOc1ccc(-c2ccc(OC(=O)c3ccc(C(C)OCCCCCC)cc3)cc2)cc1. The first kappa shape index (κ1) is 30.4. The highest BCUT2D eigenvalue weighted by atomic mass is 16.5. The van der Waals surface area contributed by atoms with Gasteiger partial charge in [-0.25, -0.2) is 4.79 Å². The summed E-state index contributed by atoms with van der Waals surface area (Å²) < 4.78 is 17.4. The summed E-state index contributed by atoms with van der Waals surface area (Å²) in [6.07, 6.45) is 12.3. The first-order valence-corrected chi connectivity index (χ1v) is 14.9. The molecule has 0 aromatic heterocycles. The zero-order valence-corrected chi connectivity index (χ0v) is 24.1. The summed E-state index contributed by atoms with van der Waals surface area (Å²) >= 11 is 0. The van der Waals surface area contributed by atoms with E-state index >= 15 is 0 Å². The van der Waals surface area contributed by atoms with Crippen LogP contribution >= 0.6 is 0 Å². The lowest BCUT2D eigenvalue weighted by Gasteiger charge is -2.14. The van der Waals surface area contributed by atoms with Crippen LogP contribution in [0.5, 0.6) is 11.5 Å². The average molecular weight is 531 g/mol. The van der Waals surface area contributed by atoms with Gasteiger partial charge in [0.05, 0.1) is 18.3 Å². The quantitative estimate of drug-likeness (QED) is 0.0932. The molecule has 210 valence electrons. The number of unbranched alkanes of at least 4 members (excludes halogenated alkanes) is 8. The second-order valence-electron chi connectivity index (χ2n) is 10.3. The topological polar surface area (TPSA) is 44.8 Å². The van der Waals surface area contributed by atoms with Gasteiger partial charge in [0.25, 0.3) is 0 Å². The number of esters is 1. The van der Waals surface area contributed by atoms with Crippen LogP contribution in [-0.2, 0) is 4.74 Å². The maximum atomic E-state index is 12.7. The number of carbonyl (C=O) groups excluding carboxylic acids is 1. The highest BCUT2D eigenvalue weighted by Crippen LogP contribution is 2.26. The Balaban J connectivity index is 1.43. The van der Waals surface area contributed by atoms with Crippen LogP contribution in [0.15, 0.2) is 72.8 Å². The van der Waals surface area contributed by atoms with Crippen LogP contribution in [0.1, 0.15) is 107 Å². The molecule has 0 bridgehead atoms. The first-order chi connectivity index (χ1) is 19.1. The molecule has 1 atom stereocenters. The fraction of sp³-hybridized carbons (Fsp3) is 0.457. The number of ether oxygens (including phenoxy) is 3. The monoisotopic (exact) mass is 530 g/mol. The van der Waals surface area contributed by atoms with Crippen LogP contribution < -0.4 is 9.47 Å². The molecule has 0 N–H and O–H groups in total. The van der Waals surface area contributed by atoms with E-state index in [0.29, 0.717) is 11.3 Å². The predicted molar refractivity (Wildman–Crippen MR) is 161 cm³/mol. The van der Waals surface area contributed by atoms with E-state index in [9.17, 15) is 4.79 Å². The standard InChI is InChI=1S/C35H46O4/c1-4-6-8-10-11-13-27-38-33-22-18-30(19-23-33)31-20-24-34(25-21-31)39-35(36)32-16-14-29(15-17-32)28(3)37-26-12-9-7-5-2/h14-25,28H,4-13,26-27H2,1-3H3. The van der Waals surface area contributed by atoms with E-state index in [0.717, 1.165) is 48.5 Å². The van der Waals surface area contributed by atoms with Gasteiger partial charge in [0.2, 0.25) is 0 Å². The first-order valence-electron chi connectivity index (χ1n) is 14.9. The van der Waals surface area contributed by atoms with E-state index in [1.807, 2.05) is 55.5 Å². The molecule has 0 aliphatic heterocycles. The minimum Gasteiger partial charge on any atom is -0.494 e. The molecule has 0 amide bonds. The third kappa shape index (κ3) is 10.9. The molecule has 3 aromatic carbocycles. The highest BCUT2D eigenvalue weighted by Gasteiger charge is 2.11. The van der Waals surface area contributed by atoms with Crippen molar-refractivity contribution in [1.82, 2.24) is 0 Å². The van der Waals surface area contributed by atoms with Gasteiger partial charge in [-0.2, -0.15) is 0 Å². The fourth-order valence-corrected chi connectivity index (χ4v) is 4.47. The third-order valence-corrected chi connectivity index (χ3v) is 7.00. The molecule has 0 spiro atoms. The molecule has 1 unspecified atom stereocenters. The van der Waals surface area contributed by atoms with Crippen molar-refractivity contribution in [3.63, 3.8) is 0 Å². The summed E-state index contributed by atoms with van der Waals surface area (Å²) in [4.78, 5) is 12.7. The van der Waals surface area contributed by atoms with Gasteiger partial charge in [0.15, 0.2) is 0 Å². The van der Waals surface area contributed by atoms with Crippen LogP contribution in [0.2, 0.25) is 0 Å². The Bertz CT molecular complexity index is 1070. The smallest absolute Gasteiger partial charge is 0.343 e. The Morgan fingerprint density at radius 2 is 1.13 bits per heavy atom. The van der Waals surface area contributed by atoms with E-state index in [2.05, 4.69) is 26.0 Å². The molecule has 3 rings (SSSR count). The third-order valence-electron chi connectivity index (χ3n) is 7.00. The van der Waals surface area contributed by atoms with Gasteiger partial charge in [-0.1, -0.05) is 102 Å². The molecule has 0 saturated carbocycles. The number of carbonyl (C=O) groups is 1. The Morgan fingerprint density at radius 3 is 1.74 bits per heavy atom. The van der Waals surface area contributed by atoms with Crippen LogP contribution in [0.4, 0.5) is 0 Å². The lowest BCUT2D eigenvalue weighted by atomic mass is 10.1. The summed E-state index contributed by atoms with van der Waals surface area (Å²) in [5.41, 5.74) is 3.74. The maximum absolute atomic E-state index is 12.7. The van der Waals surface area contributed by atoms with Gasteiger partial charge in [-0.15, -0.1) is 0 Å². The highest BCUT2D eigenvalue weighted by molar-refractivity contribution is 5.91. The van der Waals surface area contributed by atoms with Crippen LogP contribution in [0, 0.1) is 0 Å².